The number of carbonyl (C=O) groups is 1. The van der Waals surface area contributed by atoms with Crippen molar-refractivity contribution < 1.29 is 9.53 Å². The molecule has 4 rings (SSSR count). The number of likely N-dealkylation sites (tertiary alicyclic amines) is 1. The van der Waals surface area contributed by atoms with Gasteiger partial charge in [0.05, 0.1) is 5.41 Å². The quantitative estimate of drug-likeness (QED) is 0.591. The van der Waals surface area contributed by atoms with Crippen molar-refractivity contribution in [3.05, 3.63) is 60.2 Å². The minimum absolute atomic E-state index is 0.116. The fourth-order valence-corrected chi connectivity index (χ4v) is 5.71. The molecule has 2 fully saturated rings. The Morgan fingerprint density at radius 2 is 1.62 bits per heavy atom. The molecule has 2 aromatic rings. The van der Waals surface area contributed by atoms with Crippen LogP contribution in [-0.4, -0.2) is 37.0 Å². The van der Waals surface area contributed by atoms with Crippen molar-refractivity contribution in [1.82, 2.24) is 4.90 Å². The van der Waals surface area contributed by atoms with E-state index in [2.05, 4.69) is 36.2 Å². The van der Waals surface area contributed by atoms with E-state index in [0.717, 1.165) is 61.1 Å². The van der Waals surface area contributed by atoms with Crippen LogP contribution in [0, 0.1) is 11.8 Å². The lowest BCUT2D eigenvalue weighted by Gasteiger charge is -2.36. The van der Waals surface area contributed by atoms with E-state index in [1.807, 2.05) is 42.5 Å². The first-order valence-corrected chi connectivity index (χ1v) is 12.4. The molecule has 32 heavy (non-hydrogen) atoms. The molecule has 1 N–H and O–H groups in total. The number of nitrogens with one attached hydrogen (secondary N) is 1. The molecule has 2 atom stereocenters. The topological polar surface area (TPSA) is 41.6 Å². The van der Waals surface area contributed by atoms with Crippen LogP contribution in [0.25, 0.3) is 0 Å². The Labute approximate surface area is 193 Å². The minimum Gasteiger partial charge on any atom is -0.492 e. The van der Waals surface area contributed by atoms with Gasteiger partial charge in [-0.1, -0.05) is 63.4 Å². The predicted molar refractivity (Wildman–Crippen MR) is 131 cm³/mol. The first kappa shape index (κ1) is 22.8. The molecule has 0 spiro atoms. The molecular weight excluding hydrogens is 396 g/mol. The second kappa shape index (κ2) is 10.5. The largest absolute Gasteiger partial charge is 0.492 e. The zero-order valence-electron chi connectivity index (χ0n) is 19.7. The molecule has 2 aliphatic rings. The number of piperidine rings is 1. The average Bonchev–Trinajstić information content (AvgIpc) is 2.80. The zero-order valence-corrected chi connectivity index (χ0v) is 19.7. The fourth-order valence-electron chi connectivity index (χ4n) is 5.71. The van der Waals surface area contributed by atoms with Gasteiger partial charge in [0, 0.05) is 25.3 Å². The maximum absolute atomic E-state index is 13.4. The number of nitrogens with zero attached hydrogens (tertiary/aromatic N) is 1. The van der Waals surface area contributed by atoms with Gasteiger partial charge < -0.3 is 10.1 Å². The molecule has 0 radical (unpaired) electrons. The summed E-state index contributed by atoms with van der Waals surface area (Å²) in [5, 5.41) is 3.19. The monoisotopic (exact) mass is 434 g/mol. The Morgan fingerprint density at radius 1 is 0.969 bits per heavy atom. The van der Waals surface area contributed by atoms with E-state index in [1.165, 1.54) is 25.9 Å². The standard InChI is InChI=1S/C28H38N2O2/c1-22-19-23(2)21-30(20-22)17-18-32-26-13-11-25(12-14-26)29-27(31)28(15-7-4-8-16-28)24-9-5-3-6-10-24/h3,5-6,9-14,22-23H,4,7-8,15-21H2,1-2H3,(H,29,31)/t22-,23+. The van der Waals surface area contributed by atoms with Gasteiger partial charge in [0.2, 0.25) is 5.91 Å². The van der Waals surface area contributed by atoms with Gasteiger partial charge in [-0.25, -0.2) is 0 Å². The molecule has 1 heterocycles. The number of anilines is 1. The molecule has 1 aliphatic heterocycles. The van der Waals surface area contributed by atoms with Crippen LogP contribution in [0.4, 0.5) is 5.69 Å². The molecule has 4 heteroatoms. The van der Waals surface area contributed by atoms with Gasteiger partial charge in [-0.05, 0) is 60.9 Å². The fraction of sp³-hybridized carbons (Fsp3) is 0.536. The van der Waals surface area contributed by atoms with Gasteiger partial charge in [-0.2, -0.15) is 0 Å². The summed E-state index contributed by atoms with van der Waals surface area (Å²) in [6.45, 7) is 8.68. The van der Waals surface area contributed by atoms with E-state index in [4.69, 9.17) is 4.74 Å². The molecule has 0 bridgehead atoms. The Morgan fingerprint density at radius 3 is 2.28 bits per heavy atom. The van der Waals surface area contributed by atoms with Crippen LogP contribution in [0.5, 0.6) is 5.75 Å². The maximum atomic E-state index is 13.4. The SMILES string of the molecule is C[C@@H]1C[C@H](C)CN(CCOc2ccc(NC(=O)C3(c4ccccc4)CCCCC3)cc2)C1. The number of amides is 1. The lowest BCUT2D eigenvalue weighted by molar-refractivity contribution is -0.122. The lowest BCUT2D eigenvalue weighted by atomic mass is 9.68. The molecule has 1 amide bonds. The van der Waals surface area contributed by atoms with Crippen LogP contribution < -0.4 is 10.1 Å². The van der Waals surface area contributed by atoms with Crippen LogP contribution in [0.2, 0.25) is 0 Å². The van der Waals surface area contributed by atoms with E-state index >= 15 is 0 Å². The highest BCUT2D eigenvalue weighted by atomic mass is 16.5. The molecular formula is C28H38N2O2. The number of hydrogen-bond acceptors (Lipinski definition) is 3. The third kappa shape index (κ3) is 5.53. The van der Waals surface area contributed by atoms with Crippen LogP contribution >= 0.6 is 0 Å². The normalized spacial score (nSPS) is 23.4. The highest BCUT2D eigenvalue weighted by Crippen LogP contribution is 2.40. The summed E-state index contributed by atoms with van der Waals surface area (Å²) in [5.74, 6) is 2.51. The van der Waals surface area contributed by atoms with Gasteiger partial charge in [0.25, 0.3) is 0 Å². The maximum Gasteiger partial charge on any atom is 0.235 e. The molecule has 1 saturated carbocycles. The zero-order chi connectivity index (χ0) is 22.4. The van der Waals surface area contributed by atoms with Gasteiger partial charge in [0.1, 0.15) is 12.4 Å². The number of rotatable bonds is 7. The van der Waals surface area contributed by atoms with E-state index < -0.39 is 5.41 Å². The van der Waals surface area contributed by atoms with Gasteiger partial charge in [0.15, 0.2) is 0 Å². The predicted octanol–water partition coefficient (Wildman–Crippen LogP) is 5.88. The first-order valence-electron chi connectivity index (χ1n) is 12.4. The Balaban J connectivity index is 1.33. The van der Waals surface area contributed by atoms with Gasteiger partial charge >= 0.3 is 0 Å². The first-order chi connectivity index (χ1) is 15.5. The van der Waals surface area contributed by atoms with Crippen molar-refractivity contribution in [3.63, 3.8) is 0 Å². The van der Waals surface area contributed by atoms with Crippen LogP contribution in [0.3, 0.4) is 0 Å². The number of hydrogen-bond donors (Lipinski definition) is 1. The molecule has 0 unspecified atom stereocenters. The van der Waals surface area contributed by atoms with E-state index in [0.29, 0.717) is 6.61 Å². The second-order valence-electron chi connectivity index (χ2n) is 10.0. The van der Waals surface area contributed by atoms with Crippen LogP contribution in [0.1, 0.15) is 57.9 Å². The summed E-state index contributed by atoms with van der Waals surface area (Å²) < 4.78 is 5.99. The van der Waals surface area contributed by atoms with Crippen molar-refractivity contribution >= 4 is 11.6 Å². The summed E-state index contributed by atoms with van der Waals surface area (Å²) in [5.41, 5.74) is 1.55. The van der Waals surface area contributed by atoms with Gasteiger partial charge in [-0.3, -0.25) is 9.69 Å². The third-order valence-corrected chi connectivity index (χ3v) is 7.20. The molecule has 172 valence electrons. The summed E-state index contributed by atoms with van der Waals surface area (Å²) in [6.07, 6.45) is 6.57. The number of carbonyl (C=O) groups excluding carboxylic acids is 1. The minimum atomic E-state index is -0.419. The smallest absolute Gasteiger partial charge is 0.235 e. The summed E-state index contributed by atoms with van der Waals surface area (Å²) >= 11 is 0. The Hall–Kier alpha value is -2.33. The summed E-state index contributed by atoms with van der Waals surface area (Å²) in [7, 11) is 0. The van der Waals surface area contributed by atoms with Gasteiger partial charge in [-0.15, -0.1) is 0 Å². The van der Waals surface area contributed by atoms with Crippen molar-refractivity contribution in [2.24, 2.45) is 11.8 Å². The summed E-state index contributed by atoms with van der Waals surface area (Å²) in [4.78, 5) is 15.9. The van der Waals surface area contributed by atoms with Crippen molar-refractivity contribution in [1.29, 1.82) is 0 Å². The third-order valence-electron chi connectivity index (χ3n) is 7.20. The molecule has 1 aliphatic carbocycles. The Bertz CT molecular complexity index is 849. The van der Waals surface area contributed by atoms with E-state index in [9.17, 15) is 4.79 Å². The lowest BCUT2D eigenvalue weighted by Crippen LogP contribution is -2.42. The number of ether oxygens (including phenoxy) is 1. The van der Waals surface area contributed by atoms with Crippen molar-refractivity contribution in [2.45, 2.75) is 57.8 Å². The van der Waals surface area contributed by atoms with E-state index in [-0.39, 0.29) is 5.91 Å². The molecule has 1 saturated heterocycles. The van der Waals surface area contributed by atoms with Crippen LogP contribution in [-0.2, 0) is 10.2 Å². The number of benzene rings is 2. The highest BCUT2D eigenvalue weighted by molar-refractivity contribution is 5.99. The molecule has 4 nitrogen and oxygen atoms in total. The average molecular weight is 435 g/mol. The molecule has 2 aromatic carbocycles. The second-order valence-corrected chi connectivity index (χ2v) is 10.0. The Kier molecular flexibility index (Phi) is 7.51. The summed E-state index contributed by atoms with van der Waals surface area (Å²) in [6, 6.07) is 18.1. The molecule has 0 aromatic heterocycles. The van der Waals surface area contributed by atoms with Crippen LogP contribution in [0.15, 0.2) is 54.6 Å². The highest BCUT2D eigenvalue weighted by Gasteiger charge is 2.41. The van der Waals surface area contributed by atoms with Crippen molar-refractivity contribution in [2.75, 3.05) is 31.6 Å². The van der Waals surface area contributed by atoms with Crippen molar-refractivity contribution in [3.8, 4) is 5.75 Å². The van der Waals surface area contributed by atoms with E-state index in [1.54, 1.807) is 0 Å².